The molecule has 120 valence electrons. The number of hydrogen-bond donors (Lipinski definition) is 0. The molecule has 0 radical (unpaired) electrons. The van der Waals surface area contributed by atoms with E-state index in [1.54, 1.807) is 36.4 Å². The van der Waals surface area contributed by atoms with Crippen LogP contribution in [-0.4, -0.2) is 12.0 Å². The Hall–Kier alpha value is -2.88. The van der Waals surface area contributed by atoms with E-state index in [1.165, 1.54) is 12.1 Å². The van der Waals surface area contributed by atoms with Crippen molar-refractivity contribution in [2.24, 2.45) is 0 Å². The molecule has 3 aromatic rings. The summed E-state index contributed by atoms with van der Waals surface area (Å²) in [5.74, 6) is -1.83. The van der Waals surface area contributed by atoms with Crippen LogP contribution >= 0.6 is 0 Å². The molecular formula is C20H13F3O. The Labute approximate surface area is 137 Å². The van der Waals surface area contributed by atoms with Gasteiger partial charge in [0.1, 0.15) is 0 Å². The smallest absolute Gasteiger partial charge is 0.284 e. The number of hydrogen-bond acceptors (Lipinski definition) is 1. The van der Waals surface area contributed by atoms with Gasteiger partial charge < -0.3 is 0 Å². The van der Waals surface area contributed by atoms with E-state index in [0.29, 0.717) is 16.7 Å². The van der Waals surface area contributed by atoms with Gasteiger partial charge in [0, 0.05) is 11.1 Å². The van der Waals surface area contributed by atoms with Crippen LogP contribution in [0.1, 0.15) is 10.4 Å². The molecule has 0 bridgehead atoms. The van der Waals surface area contributed by atoms with E-state index in [2.05, 4.69) is 0 Å². The molecule has 3 rings (SSSR count). The fraction of sp³-hybridized carbons (Fsp3) is 0.0500. The van der Waals surface area contributed by atoms with Crippen molar-refractivity contribution in [2.75, 3.05) is 0 Å². The van der Waals surface area contributed by atoms with Gasteiger partial charge in [0.25, 0.3) is 5.78 Å². The monoisotopic (exact) mass is 326 g/mol. The molecule has 0 aliphatic rings. The van der Waals surface area contributed by atoms with E-state index in [4.69, 9.17) is 0 Å². The first kappa shape index (κ1) is 16.0. The standard InChI is InChI=1S/C20H13F3O/c21-20(22,23)19(24)17-13-7-12-16(14-8-3-1-4-9-14)18(17)15-10-5-2-6-11-15/h1-13H. The minimum Gasteiger partial charge on any atom is -0.284 e. The van der Waals surface area contributed by atoms with Crippen molar-refractivity contribution in [3.63, 3.8) is 0 Å². The maximum absolute atomic E-state index is 13.0. The Kier molecular flexibility index (Phi) is 4.21. The zero-order valence-electron chi connectivity index (χ0n) is 12.5. The van der Waals surface area contributed by atoms with Crippen LogP contribution in [0.3, 0.4) is 0 Å². The van der Waals surface area contributed by atoms with Crippen molar-refractivity contribution in [3.05, 3.63) is 84.4 Å². The highest BCUT2D eigenvalue weighted by atomic mass is 19.4. The Balaban J connectivity index is 2.30. The second kappa shape index (κ2) is 6.32. The lowest BCUT2D eigenvalue weighted by atomic mass is 9.89. The van der Waals surface area contributed by atoms with Crippen molar-refractivity contribution in [3.8, 4) is 22.3 Å². The number of benzene rings is 3. The summed E-state index contributed by atoms with van der Waals surface area (Å²) in [6, 6.07) is 22.2. The molecule has 0 saturated carbocycles. The zero-order chi connectivity index (χ0) is 17.2. The van der Waals surface area contributed by atoms with E-state index < -0.39 is 12.0 Å². The quantitative estimate of drug-likeness (QED) is 0.559. The molecule has 0 fully saturated rings. The Morgan fingerprint density at radius 3 is 1.75 bits per heavy atom. The highest BCUT2D eigenvalue weighted by Gasteiger charge is 2.40. The van der Waals surface area contributed by atoms with Gasteiger partial charge in [-0.3, -0.25) is 4.79 Å². The highest BCUT2D eigenvalue weighted by Crippen LogP contribution is 2.37. The van der Waals surface area contributed by atoms with E-state index >= 15 is 0 Å². The molecule has 1 nitrogen and oxygen atoms in total. The summed E-state index contributed by atoms with van der Waals surface area (Å²) in [4.78, 5) is 11.9. The van der Waals surface area contributed by atoms with Crippen LogP contribution < -0.4 is 0 Å². The number of carbonyl (C=O) groups excluding carboxylic acids is 1. The van der Waals surface area contributed by atoms with Crippen molar-refractivity contribution in [1.82, 2.24) is 0 Å². The fourth-order valence-electron chi connectivity index (χ4n) is 2.67. The van der Waals surface area contributed by atoms with Gasteiger partial charge in [-0.05, 0) is 16.7 Å². The number of Topliss-reactive ketones (excluding diaryl/α,β-unsaturated/α-hetero) is 1. The maximum atomic E-state index is 13.0. The summed E-state index contributed by atoms with van der Waals surface area (Å²) in [6.07, 6.45) is -4.92. The van der Waals surface area contributed by atoms with E-state index in [-0.39, 0.29) is 5.56 Å². The third-order valence-corrected chi connectivity index (χ3v) is 3.71. The predicted molar refractivity (Wildman–Crippen MR) is 87.7 cm³/mol. The molecule has 3 aromatic carbocycles. The number of rotatable bonds is 3. The van der Waals surface area contributed by atoms with E-state index in [1.807, 2.05) is 30.3 Å². The molecule has 0 heterocycles. The first-order chi connectivity index (χ1) is 11.5. The molecule has 0 aliphatic heterocycles. The molecule has 4 heteroatoms. The number of alkyl halides is 3. The Morgan fingerprint density at radius 1 is 0.667 bits per heavy atom. The minimum atomic E-state index is -4.92. The van der Waals surface area contributed by atoms with Crippen molar-refractivity contribution >= 4 is 5.78 Å². The summed E-state index contributed by atoms with van der Waals surface area (Å²) in [7, 11) is 0. The van der Waals surface area contributed by atoms with Crippen molar-refractivity contribution in [2.45, 2.75) is 6.18 Å². The molecule has 0 aliphatic carbocycles. The average molecular weight is 326 g/mol. The lowest BCUT2D eigenvalue weighted by Crippen LogP contribution is -2.23. The molecule has 0 aromatic heterocycles. The summed E-state index contributed by atoms with van der Waals surface area (Å²) < 4.78 is 39.0. The predicted octanol–water partition coefficient (Wildman–Crippen LogP) is 5.77. The van der Waals surface area contributed by atoms with E-state index in [9.17, 15) is 18.0 Å². The summed E-state index contributed by atoms with van der Waals surface area (Å²) in [5.41, 5.74) is 1.89. The van der Waals surface area contributed by atoms with Crippen LogP contribution in [0.2, 0.25) is 0 Å². The normalized spacial score (nSPS) is 11.3. The molecule has 0 atom stereocenters. The van der Waals surface area contributed by atoms with Crippen LogP contribution in [0.15, 0.2) is 78.9 Å². The van der Waals surface area contributed by atoms with Crippen molar-refractivity contribution in [1.29, 1.82) is 0 Å². The molecule has 0 unspecified atom stereocenters. The van der Waals surface area contributed by atoms with Crippen LogP contribution in [-0.2, 0) is 0 Å². The molecule has 0 saturated heterocycles. The van der Waals surface area contributed by atoms with Gasteiger partial charge >= 0.3 is 6.18 Å². The fourth-order valence-corrected chi connectivity index (χ4v) is 2.67. The topological polar surface area (TPSA) is 17.1 Å². The third kappa shape index (κ3) is 3.08. The van der Waals surface area contributed by atoms with Crippen LogP contribution in [0.25, 0.3) is 22.3 Å². The highest BCUT2D eigenvalue weighted by molar-refractivity contribution is 6.08. The lowest BCUT2D eigenvalue weighted by molar-refractivity contribution is -0.0884. The first-order valence-corrected chi connectivity index (χ1v) is 7.34. The Bertz CT molecular complexity index is 853. The maximum Gasteiger partial charge on any atom is 0.454 e. The van der Waals surface area contributed by atoms with Crippen molar-refractivity contribution < 1.29 is 18.0 Å². The molecule has 24 heavy (non-hydrogen) atoms. The van der Waals surface area contributed by atoms with Gasteiger partial charge in [-0.25, -0.2) is 0 Å². The zero-order valence-corrected chi connectivity index (χ0v) is 12.5. The van der Waals surface area contributed by atoms with Gasteiger partial charge in [0.15, 0.2) is 0 Å². The first-order valence-electron chi connectivity index (χ1n) is 7.34. The largest absolute Gasteiger partial charge is 0.454 e. The van der Waals surface area contributed by atoms with Crippen LogP contribution in [0.4, 0.5) is 13.2 Å². The summed E-state index contributed by atoms with van der Waals surface area (Å²) in [5, 5.41) is 0. The van der Waals surface area contributed by atoms with Gasteiger partial charge in [-0.1, -0.05) is 78.9 Å². The molecule has 0 spiro atoms. The van der Waals surface area contributed by atoms with Gasteiger partial charge in [0.05, 0.1) is 0 Å². The van der Waals surface area contributed by atoms with Gasteiger partial charge in [0.2, 0.25) is 0 Å². The third-order valence-electron chi connectivity index (χ3n) is 3.71. The number of halogens is 3. The van der Waals surface area contributed by atoms with Gasteiger partial charge in [-0.15, -0.1) is 0 Å². The Morgan fingerprint density at radius 2 is 1.21 bits per heavy atom. The second-order valence-electron chi connectivity index (χ2n) is 5.29. The lowest BCUT2D eigenvalue weighted by Gasteiger charge is -2.16. The van der Waals surface area contributed by atoms with E-state index in [0.717, 1.165) is 5.56 Å². The van der Waals surface area contributed by atoms with Crippen LogP contribution in [0.5, 0.6) is 0 Å². The minimum absolute atomic E-state index is 0.298. The molecule has 0 N–H and O–H groups in total. The molecular weight excluding hydrogens is 313 g/mol. The summed E-state index contributed by atoms with van der Waals surface area (Å²) >= 11 is 0. The second-order valence-corrected chi connectivity index (χ2v) is 5.29. The molecule has 0 amide bonds. The van der Waals surface area contributed by atoms with Crippen LogP contribution in [0, 0.1) is 0 Å². The van der Waals surface area contributed by atoms with Gasteiger partial charge in [-0.2, -0.15) is 13.2 Å². The average Bonchev–Trinajstić information content (AvgIpc) is 2.61. The SMILES string of the molecule is O=C(c1cccc(-c2ccccc2)c1-c1ccccc1)C(F)(F)F. The number of ketones is 1. The summed E-state index contributed by atoms with van der Waals surface area (Å²) in [6.45, 7) is 0. The number of carbonyl (C=O) groups is 1.